The molecule has 0 aliphatic rings. The third-order valence-electron chi connectivity index (χ3n) is 2.37. The van der Waals surface area contributed by atoms with Gasteiger partial charge in [-0.25, -0.2) is 4.79 Å². The highest BCUT2D eigenvalue weighted by molar-refractivity contribution is 8.00. The summed E-state index contributed by atoms with van der Waals surface area (Å²) in [6.45, 7) is 6.43. The van der Waals surface area contributed by atoms with Crippen molar-refractivity contribution in [1.29, 1.82) is 0 Å². The van der Waals surface area contributed by atoms with E-state index in [4.69, 9.17) is 10.5 Å². The van der Waals surface area contributed by atoms with Gasteiger partial charge in [0, 0.05) is 23.7 Å². The fraction of sp³-hybridized carbons (Fsp3) is 0.467. The molecule has 22 heavy (non-hydrogen) atoms. The number of alkyl carbamates (subject to hydrolysis) is 1. The van der Waals surface area contributed by atoms with Gasteiger partial charge in [0.1, 0.15) is 5.60 Å². The van der Waals surface area contributed by atoms with Crippen LogP contribution in [-0.2, 0) is 9.53 Å². The Hall–Kier alpha value is -1.89. The molecule has 122 valence electrons. The summed E-state index contributed by atoms with van der Waals surface area (Å²) in [4.78, 5) is 23.3. The van der Waals surface area contributed by atoms with Crippen molar-refractivity contribution in [2.45, 2.75) is 31.3 Å². The van der Waals surface area contributed by atoms with Gasteiger partial charge in [-0.05, 0) is 32.9 Å². The quantitative estimate of drug-likeness (QED) is 0.528. The number of para-hydroxylation sites is 1. The van der Waals surface area contributed by atoms with Crippen molar-refractivity contribution in [2.24, 2.45) is 5.73 Å². The van der Waals surface area contributed by atoms with E-state index in [0.29, 0.717) is 13.1 Å². The number of ether oxygens (including phenoxy) is 1. The van der Waals surface area contributed by atoms with E-state index in [2.05, 4.69) is 10.6 Å². The molecular formula is C15H23N3O3S. The van der Waals surface area contributed by atoms with Crippen molar-refractivity contribution < 1.29 is 14.3 Å². The summed E-state index contributed by atoms with van der Waals surface area (Å²) in [6.07, 6.45) is -0.439. The van der Waals surface area contributed by atoms with Crippen LogP contribution in [0.25, 0.3) is 0 Å². The molecule has 1 rings (SSSR count). The van der Waals surface area contributed by atoms with Crippen LogP contribution < -0.4 is 16.4 Å². The van der Waals surface area contributed by atoms with E-state index < -0.39 is 11.7 Å². The molecule has 0 aromatic heterocycles. The Labute approximate surface area is 135 Å². The Bertz CT molecular complexity index is 515. The number of hydrogen-bond acceptors (Lipinski definition) is 5. The molecule has 4 N–H and O–H groups in total. The molecule has 0 saturated carbocycles. The van der Waals surface area contributed by atoms with Crippen LogP contribution in [0.15, 0.2) is 29.2 Å². The minimum Gasteiger partial charge on any atom is -0.444 e. The van der Waals surface area contributed by atoms with Gasteiger partial charge in [0.2, 0.25) is 5.91 Å². The van der Waals surface area contributed by atoms with Crippen molar-refractivity contribution in [1.82, 2.24) is 5.32 Å². The molecule has 0 aliphatic carbocycles. The summed E-state index contributed by atoms with van der Waals surface area (Å²) in [5.41, 5.74) is 5.55. The number of carbonyl (C=O) groups is 2. The van der Waals surface area contributed by atoms with E-state index >= 15 is 0 Å². The molecule has 6 nitrogen and oxygen atoms in total. The standard InChI is InChI=1S/C15H23N3O3S/c1-15(2,3)21-14(20)18-9-8-17-11-6-4-5-7-12(11)22-10-13(16)19/h4-7,17H,8-10H2,1-3H3,(H2,16,19)(H,18,20). The van der Waals surface area contributed by atoms with Gasteiger partial charge < -0.3 is 21.1 Å². The van der Waals surface area contributed by atoms with Crippen LogP contribution in [0.2, 0.25) is 0 Å². The smallest absolute Gasteiger partial charge is 0.407 e. The number of primary amides is 1. The van der Waals surface area contributed by atoms with Crippen LogP contribution in [0.5, 0.6) is 0 Å². The third-order valence-corrected chi connectivity index (χ3v) is 3.46. The van der Waals surface area contributed by atoms with Crippen LogP contribution in [0.1, 0.15) is 20.8 Å². The number of anilines is 1. The highest BCUT2D eigenvalue weighted by Crippen LogP contribution is 2.26. The molecular weight excluding hydrogens is 302 g/mol. The molecule has 0 atom stereocenters. The van der Waals surface area contributed by atoms with Crippen LogP contribution in [0, 0.1) is 0 Å². The summed E-state index contributed by atoms with van der Waals surface area (Å²) in [5.74, 6) is -0.124. The van der Waals surface area contributed by atoms with Crippen molar-refractivity contribution in [3.63, 3.8) is 0 Å². The monoisotopic (exact) mass is 325 g/mol. The first-order chi connectivity index (χ1) is 10.3. The minimum atomic E-state index is -0.504. The first-order valence-corrected chi connectivity index (χ1v) is 7.97. The van der Waals surface area contributed by atoms with Crippen molar-refractivity contribution >= 4 is 29.4 Å². The molecule has 0 saturated heterocycles. The molecule has 0 unspecified atom stereocenters. The highest BCUT2D eigenvalue weighted by Gasteiger charge is 2.15. The molecule has 2 amide bonds. The maximum atomic E-state index is 11.5. The Balaban J connectivity index is 2.39. The number of nitrogens with one attached hydrogen (secondary N) is 2. The Morgan fingerprint density at radius 3 is 2.55 bits per heavy atom. The summed E-state index contributed by atoms with van der Waals surface area (Å²) in [6, 6.07) is 7.62. The molecule has 0 fully saturated rings. The van der Waals surface area contributed by atoms with Gasteiger partial charge in [-0.1, -0.05) is 12.1 Å². The largest absolute Gasteiger partial charge is 0.444 e. The predicted molar refractivity (Wildman–Crippen MR) is 89.1 cm³/mol. The van der Waals surface area contributed by atoms with Gasteiger partial charge in [-0.3, -0.25) is 4.79 Å². The van der Waals surface area contributed by atoms with Crippen molar-refractivity contribution in [3.05, 3.63) is 24.3 Å². The predicted octanol–water partition coefficient (Wildman–Crippen LogP) is 2.20. The molecule has 1 aromatic carbocycles. The molecule has 0 bridgehead atoms. The minimum absolute atomic E-state index is 0.231. The Morgan fingerprint density at radius 1 is 1.23 bits per heavy atom. The summed E-state index contributed by atoms with van der Waals surface area (Å²) in [7, 11) is 0. The van der Waals surface area contributed by atoms with Gasteiger partial charge >= 0.3 is 6.09 Å². The van der Waals surface area contributed by atoms with E-state index in [9.17, 15) is 9.59 Å². The van der Waals surface area contributed by atoms with Gasteiger partial charge in [0.15, 0.2) is 0 Å². The number of amides is 2. The van der Waals surface area contributed by atoms with Gasteiger partial charge in [-0.2, -0.15) is 0 Å². The first kappa shape index (κ1) is 18.2. The second-order valence-electron chi connectivity index (χ2n) is 5.61. The number of benzene rings is 1. The fourth-order valence-electron chi connectivity index (χ4n) is 1.56. The van der Waals surface area contributed by atoms with E-state index in [1.54, 1.807) is 0 Å². The van der Waals surface area contributed by atoms with Crippen LogP contribution in [0.4, 0.5) is 10.5 Å². The maximum absolute atomic E-state index is 11.5. The number of carbonyl (C=O) groups excluding carboxylic acids is 2. The second-order valence-corrected chi connectivity index (χ2v) is 6.62. The van der Waals surface area contributed by atoms with Crippen molar-refractivity contribution in [2.75, 3.05) is 24.2 Å². The zero-order valence-electron chi connectivity index (χ0n) is 13.1. The van der Waals surface area contributed by atoms with E-state index in [1.807, 2.05) is 45.0 Å². The zero-order valence-corrected chi connectivity index (χ0v) is 14.0. The number of rotatable bonds is 7. The summed E-state index contributed by atoms with van der Waals surface area (Å²) in [5, 5.41) is 5.89. The SMILES string of the molecule is CC(C)(C)OC(=O)NCCNc1ccccc1SCC(N)=O. The molecule has 0 heterocycles. The molecule has 0 aliphatic heterocycles. The number of nitrogens with two attached hydrogens (primary N) is 1. The number of thioether (sulfide) groups is 1. The van der Waals surface area contributed by atoms with Gasteiger partial charge in [0.05, 0.1) is 5.75 Å². The Kier molecular flexibility index (Phi) is 7.04. The van der Waals surface area contributed by atoms with Crippen LogP contribution >= 0.6 is 11.8 Å². The summed E-state index contributed by atoms with van der Waals surface area (Å²) < 4.78 is 5.15. The van der Waals surface area contributed by atoms with E-state index in [0.717, 1.165) is 10.6 Å². The van der Waals surface area contributed by atoms with E-state index in [-0.39, 0.29) is 11.7 Å². The normalized spacial score (nSPS) is 10.9. The lowest BCUT2D eigenvalue weighted by Crippen LogP contribution is -2.35. The lowest BCUT2D eigenvalue weighted by molar-refractivity contribution is -0.115. The lowest BCUT2D eigenvalue weighted by atomic mass is 10.2. The summed E-state index contributed by atoms with van der Waals surface area (Å²) >= 11 is 1.38. The first-order valence-electron chi connectivity index (χ1n) is 6.99. The van der Waals surface area contributed by atoms with Crippen LogP contribution in [0.3, 0.4) is 0 Å². The topological polar surface area (TPSA) is 93.4 Å². The molecule has 1 aromatic rings. The average Bonchev–Trinajstić information content (AvgIpc) is 2.40. The average molecular weight is 325 g/mol. The molecule has 0 radical (unpaired) electrons. The van der Waals surface area contributed by atoms with Gasteiger partial charge in [-0.15, -0.1) is 11.8 Å². The fourth-order valence-corrected chi connectivity index (χ4v) is 2.33. The molecule has 7 heteroatoms. The zero-order chi connectivity index (χ0) is 16.6. The van der Waals surface area contributed by atoms with Crippen molar-refractivity contribution in [3.8, 4) is 0 Å². The van der Waals surface area contributed by atoms with Gasteiger partial charge in [0.25, 0.3) is 0 Å². The molecule has 0 spiro atoms. The lowest BCUT2D eigenvalue weighted by Gasteiger charge is -2.19. The highest BCUT2D eigenvalue weighted by atomic mass is 32.2. The maximum Gasteiger partial charge on any atom is 0.407 e. The number of hydrogen-bond donors (Lipinski definition) is 3. The van der Waals surface area contributed by atoms with E-state index in [1.165, 1.54) is 11.8 Å². The second kappa shape index (κ2) is 8.53. The third kappa shape index (κ3) is 7.78. The van der Waals surface area contributed by atoms with Crippen LogP contribution in [-0.4, -0.2) is 36.4 Å². The Morgan fingerprint density at radius 2 is 1.91 bits per heavy atom.